The molecule has 1 aromatic rings. The van der Waals surface area contributed by atoms with E-state index in [0.717, 1.165) is 11.8 Å². The molecule has 0 aliphatic rings. The van der Waals surface area contributed by atoms with Gasteiger partial charge in [0.2, 0.25) is 0 Å². The van der Waals surface area contributed by atoms with Crippen molar-refractivity contribution in [2.75, 3.05) is 7.05 Å². The summed E-state index contributed by atoms with van der Waals surface area (Å²) in [5.41, 5.74) is 0.145. The first-order chi connectivity index (χ1) is 9.26. The number of carbonyl (C=O) groups is 2. The Hall–Kier alpha value is -1.55. The minimum atomic E-state index is -0.586. The lowest BCUT2D eigenvalue weighted by molar-refractivity contribution is -0.108. The average molecular weight is 298 g/mol. The number of halogens is 1. The summed E-state index contributed by atoms with van der Waals surface area (Å²) in [6.45, 7) is 5.38. The number of rotatable bonds is 4. The van der Waals surface area contributed by atoms with E-state index in [9.17, 15) is 9.59 Å². The lowest BCUT2D eigenvalue weighted by atomic mass is 10.0. The van der Waals surface area contributed by atoms with Gasteiger partial charge in [-0.3, -0.25) is 0 Å². The Morgan fingerprint density at radius 1 is 1.40 bits per heavy atom. The van der Waals surface area contributed by atoms with Crippen LogP contribution in [-0.4, -0.2) is 29.9 Å². The third-order valence-corrected chi connectivity index (χ3v) is 3.08. The Bertz CT molecular complexity index is 482. The topological polar surface area (TPSA) is 46.6 Å². The van der Waals surface area contributed by atoms with Crippen molar-refractivity contribution < 1.29 is 14.3 Å². The Morgan fingerprint density at radius 3 is 2.50 bits per heavy atom. The normalized spacial score (nSPS) is 12.7. The van der Waals surface area contributed by atoms with Gasteiger partial charge in [0, 0.05) is 18.5 Å². The van der Waals surface area contributed by atoms with Crippen molar-refractivity contribution in [2.45, 2.75) is 38.8 Å². The second kappa shape index (κ2) is 6.75. The molecule has 1 rings (SSSR count). The van der Waals surface area contributed by atoms with Crippen LogP contribution in [0.25, 0.3) is 0 Å². The molecule has 1 amide bonds. The van der Waals surface area contributed by atoms with Crippen molar-refractivity contribution in [3.63, 3.8) is 0 Å². The Balaban J connectivity index is 2.99. The van der Waals surface area contributed by atoms with Gasteiger partial charge in [0.15, 0.2) is 0 Å². The van der Waals surface area contributed by atoms with Gasteiger partial charge in [-0.15, -0.1) is 0 Å². The fourth-order valence-electron chi connectivity index (χ4n) is 1.79. The second-order valence-electron chi connectivity index (χ2n) is 5.53. The minimum Gasteiger partial charge on any atom is -0.444 e. The molecule has 110 valence electrons. The highest BCUT2D eigenvalue weighted by molar-refractivity contribution is 6.31. The lowest BCUT2D eigenvalue weighted by Crippen LogP contribution is -2.37. The molecular weight excluding hydrogens is 278 g/mol. The van der Waals surface area contributed by atoms with Crippen LogP contribution < -0.4 is 0 Å². The number of benzene rings is 1. The van der Waals surface area contributed by atoms with E-state index in [0.29, 0.717) is 5.02 Å². The van der Waals surface area contributed by atoms with Crippen LogP contribution in [0.2, 0.25) is 5.02 Å². The molecule has 0 radical (unpaired) electrons. The molecule has 0 aliphatic heterocycles. The highest BCUT2D eigenvalue weighted by atomic mass is 35.5. The molecule has 0 saturated heterocycles. The molecular formula is C15H20ClNO3. The van der Waals surface area contributed by atoms with Crippen molar-refractivity contribution in [2.24, 2.45) is 0 Å². The number of nitrogens with zero attached hydrogens (tertiary/aromatic N) is 1. The third-order valence-electron chi connectivity index (χ3n) is 2.73. The summed E-state index contributed by atoms with van der Waals surface area (Å²) in [4.78, 5) is 24.4. The number of aldehydes is 1. The summed E-state index contributed by atoms with van der Waals surface area (Å²) < 4.78 is 5.32. The molecule has 0 aliphatic carbocycles. The molecule has 0 saturated carbocycles. The van der Waals surface area contributed by atoms with E-state index in [1.165, 1.54) is 4.90 Å². The summed E-state index contributed by atoms with van der Waals surface area (Å²) in [6, 6.07) is 6.73. The predicted octanol–water partition coefficient (Wildman–Crippen LogP) is 3.84. The lowest BCUT2D eigenvalue weighted by Gasteiger charge is -2.30. The van der Waals surface area contributed by atoms with E-state index >= 15 is 0 Å². The maximum Gasteiger partial charge on any atom is 0.410 e. The van der Waals surface area contributed by atoms with Crippen molar-refractivity contribution in [1.82, 2.24) is 4.90 Å². The van der Waals surface area contributed by atoms with Gasteiger partial charge in [-0.1, -0.05) is 29.8 Å². The summed E-state index contributed by atoms with van der Waals surface area (Å²) in [6.07, 6.45) is 0.457. The number of ether oxygens (including phenoxy) is 1. The Morgan fingerprint density at radius 2 is 2.00 bits per heavy atom. The molecule has 0 N–H and O–H groups in total. The summed E-state index contributed by atoms with van der Waals surface area (Å²) in [5.74, 6) is 0. The third kappa shape index (κ3) is 4.53. The number of amides is 1. The summed E-state index contributed by atoms with van der Waals surface area (Å²) in [5, 5.41) is 0.523. The Labute approximate surface area is 124 Å². The number of hydrogen-bond acceptors (Lipinski definition) is 3. The van der Waals surface area contributed by atoms with Crippen LogP contribution in [0.5, 0.6) is 0 Å². The van der Waals surface area contributed by atoms with Crippen LogP contribution in [0.4, 0.5) is 4.79 Å². The molecule has 20 heavy (non-hydrogen) atoms. The summed E-state index contributed by atoms with van der Waals surface area (Å²) >= 11 is 6.14. The fourth-order valence-corrected chi connectivity index (χ4v) is 2.05. The minimum absolute atomic E-state index is 0.166. The largest absolute Gasteiger partial charge is 0.444 e. The molecule has 4 nitrogen and oxygen atoms in total. The van der Waals surface area contributed by atoms with Gasteiger partial charge in [0.25, 0.3) is 0 Å². The predicted molar refractivity (Wildman–Crippen MR) is 78.9 cm³/mol. The highest BCUT2D eigenvalue weighted by Gasteiger charge is 2.27. The molecule has 0 bridgehead atoms. The van der Waals surface area contributed by atoms with Gasteiger partial charge >= 0.3 is 6.09 Å². The van der Waals surface area contributed by atoms with E-state index < -0.39 is 17.7 Å². The maximum atomic E-state index is 12.1. The zero-order valence-corrected chi connectivity index (χ0v) is 13.0. The van der Waals surface area contributed by atoms with Crippen LogP contribution in [0.3, 0.4) is 0 Å². The van der Waals surface area contributed by atoms with Crippen LogP contribution >= 0.6 is 11.6 Å². The average Bonchev–Trinajstić information content (AvgIpc) is 2.34. The van der Waals surface area contributed by atoms with Gasteiger partial charge in [-0.2, -0.15) is 0 Å². The zero-order valence-electron chi connectivity index (χ0n) is 12.2. The summed E-state index contributed by atoms with van der Waals surface area (Å²) in [7, 11) is 1.60. The van der Waals surface area contributed by atoms with Crippen LogP contribution in [0.1, 0.15) is 38.8 Å². The SMILES string of the molecule is CN(C(=O)OC(C)(C)C)C(CC=O)c1ccccc1Cl. The standard InChI is InChI=1S/C15H20ClNO3/c1-15(2,3)20-14(19)17(4)13(9-10-18)11-7-5-6-8-12(11)16/h5-8,10,13H,9H2,1-4H3. The van der Waals surface area contributed by atoms with Gasteiger partial charge in [0.05, 0.1) is 6.04 Å². The fraction of sp³-hybridized carbons (Fsp3) is 0.467. The van der Waals surface area contributed by atoms with E-state index in [1.807, 2.05) is 6.07 Å². The molecule has 0 aromatic heterocycles. The Kier molecular flexibility index (Phi) is 5.57. The molecule has 1 unspecified atom stereocenters. The zero-order chi connectivity index (χ0) is 15.3. The molecule has 0 fully saturated rings. The van der Waals surface area contributed by atoms with E-state index in [-0.39, 0.29) is 6.42 Å². The van der Waals surface area contributed by atoms with Gasteiger partial charge in [0.1, 0.15) is 11.9 Å². The van der Waals surface area contributed by atoms with Crippen LogP contribution in [0, 0.1) is 0 Å². The molecule has 0 spiro atoms. The van der Waals surface area contributed by atoms with Crippen molar-refractivity contribution in [3.05, 3.63) is 34.9 Å². The monoisotopic (exact) mass is 297 g/mol. The quantitative estimate of drug-likeness (QED) is 0.793. The van der Waals surface area contributed by atoms with Gasteiger partial charge in [-0.25, -0.2) is 4.79 Å². The molecule has 5 heteroatoms. The molecule has 1 aromatic carbocycles. The first-order valence-electron chi connectivity index (χ1n) is 6.40. The number of carbonyl (C=O) groups excluding carboxylic acids is 2. The van der Waals surface area contributed by atoms with Crippen LogP contribution in [0.15, 0.2) is 24.3 Å². The highest BCUT2D eigenvalue weighted by Crippen LogP contribution is 2.29. The van der Waals surface area contributed by atoms with E-state index in [2.05, 4.69) is 0 Å². The van der Waals surface area contributed by atoms with Crippen LogP contribution in [-0.2, 0) is 9.53 Å². The van der Waals surface area contributed by atoms with Crippen molar-refractivity contribution in [1.29, 1.82) is 0 Å². The molecule has 1 atom stereocenters. The number of hydrogen-bond donors (Lipinski definition) is 0. The van der Waals surface area contributed by atoms with Crippen molar-refractivity contribution in [3.8, 4) is 0 Å². The molecule has 0 heterocycles. The second-order valence-corrected chi connectivity index (χ2v) is 5.94. The van der Waals surface area contributed by atoms with E-state index in [1.54, 1.807) is 46.0 Å². The van der Waals surface area contributed by atoms with Gasteiger partial charge in [-0.05, 0) is 32.4 Å². The smallest absolute Gasteiger partial charge is 0.410 e. The first-order valence-corrected chi connectivity index (χ1v) is 6.78. The maximum absolute atomic E-state index is 12.1. The van der Waals surface area contributed by atoms with E-state index in [4.69, 9.17) is 16.3 Å². The van der Waals surface area contributed by atoms with Gasteiger partial charge < -0.3 is 14.4 Å². The van der Waals surface area contributed by atoms with Crippen molar-refractivity contribution >= 4 is 24.0 Å². The first kappa shape index (κ1) is 16.5.